The first-order valence-corrected chi connectivity index (χ1v) is 8.74. The van der Waals surface area contributed by atoms with Gasteiger partial charge in [0.15, 0.2) is 0 Å². The van der Waals surface area contributed by atoms with E-state index < -0.39 is 0 Å². The van der Waals surface area contributed by atoms with E-state index in [0.717, 1.165) is 32.5 Å². The number of nitrogens with zero attached hydrogens (tertiary/aromatic N) is 2. The summed E-state index contributed by atoms with van der Waals surface area (Å²) < 4.78 is 0. The van der Waals surface area contributed by atoms with Gasteiger partial charge < -0.3 is 9.80 Å². The number of hydrogen-bond donors (Lipinski definition) is 0. The van der Waals surface area contributed by atoms with E-state index in [1.807, 2.05) is 9.80 Å². The summed E-state index contributed by atoms with van der Waals surface area (Å²) in [7, 11) is 0. The number of carbonyl (C=O) groups is 2. The summed E-state index contributed by atoms with van der Waals surface area (Å²) >= 11 is 0. The lowest BCUT2D eigenvalue weighted by atomic mass is 9.81. The Balaban J connectivity index is 1.98. The van der Waals surface area contributed by atoms with E-state index in [0.29, 0.717) is 30.6 Å². The highest BCUT2D eigenvalue weighted by atomic mass is 16.2. The van der Waals surface area contributed by atoms with Crippen LogP contribution in [0.5, 0.6) is 0 Å². The Morgan fingerprint density at radius 3 is 2.41 bits per heavy atom. The molecule has 0 radical (unpaired) electrons. The van der Waals surface area contributed by atoms with Crippen LogP contribution in [-0.2, 0) is 9.59 Å². The van der Waals surface area contributed by atoms with Crippen LogP contribution >= 0.6 is 0 Å². The van der Waals surface area contributed by atoms with Crippen molar-refractivity contribution in [3.8, 4) is 0 Å². The third-order valence-electron chi connectivity index (χ3n) is 5.05. The van der Waals surface area contributed by atoms with E-state index in [-0.39, 0.29) is 17.4 Å². The molecule has 126 valence electrons. The second-order valence-electron chi connectivity index (χ2n) is 8.56. The van der Waals surface area contributed by atoms with E-state index in [2.05, 4.69) is 34.6 Å². The summed E-state index contributed by atoms with van der Waals surface area (Å²) in [6.45, 7) is 13.0. The first kappa shape index (κ1) is 17.3. The lowest BCUT2D eigenvalue weighted by Gasteiger charge is -2.38. The Labute approximate surface area is 135 Å². The molecule has 0 bridgehead atoms. The fraction of sp³-hybridized carbons (Fsp3) is 0.889. The van der Waals surface area contributed by atoms with Gasteiger partial charge in [0, 0.05) is 38.5 Å². The molecule has 4 nitrogen and oxygen atoms in total. The van der Waals surface area contributed by atoms with Gasteiger partial charge in [0.2, 0.25) is 11.8 Å². The second kappa shape index (κ2) is 6.59. The molecule has 0 aromatic carbocycles. The number of fused-ring (bicyclic) bond motifs is 1. The van der Waals surface area contributed by atoms with Gasteiger partial charge in [0.25, 0.3) is 0 Å². The Morgan fingerprint density at radius 1 is 1.18 bits per heavy atom. The molecule has 22 heavy (non-hydrogen) atoms. The molecule has 0 N–H and O–H groups in total. The van der Waals surface area contributed by atoms with Gasteiger partial charge in [-0.2, -0.15) is 0 Å². The highest BCUT2D eigenvalue weighted by Crippen LogP contribution is 2.33. The molecule has 0 saturated carbocycles. The number of hydrogen-bond acceptors (Lipinski definition) is 2. The fourth-order valence-electron chi connectivity index (χ4n) is 3.79. The summed E-state index contributed by atoms with van der Waals surface area (Å²) in [6.07, 6.45) is 3.30. The van der Waals surface area contributed by atoms with Crippen LogP contribution in [0.2, 0.25) is 0 Å². The molecule has 2 unspecified atom stereocenters. The van der Waals surface area contributed by atoms with Gasteiger partial charge in [-0.1, -0.05) is 20.8 Å². The predicted molar refractivity (Wildman–Crippen MR) is 88.3 cm³/mol. The molecule has 4 heteroatoms. The van der Waals surface area contributed by atoms with Crippen molar-refractivity contribution < 1.29 is 9.59 Å². The first-order valence-electron chi connectivity index (χ1n) is 8.74. The smallest absolute Gasteiger partial charge is 0.223 e. The van der Waals surface area contributed by atoms with E-state index in [1.54, 1.807) is 0 Å². The molecule has 2 atom stereocenters. The highest BCUT2D eigenvalue weighted by Gasteiger charge is 2.37. The van der Waals surface area contributed by atoms with Crippen molar-refractivity contribution in [2.75, 3.05) is 19.6 Å². The van der Waals surface area contributed by atoms with Gasteiger partial charge in [-0.3, -0.25) is 9.59 Å². The summed E-state index contributed by atoms with van der Waals surface area (Å²) in [6, 6.07) is 0.284. The minimum Gasteiger partial charge on any atom is -0.342 e. The molecule has 2 aliphatic heterocycles. The summed E-state index contributed by atoms with van der Waals surface area (Å²) in [5.41, 5.74) is 0.0434. The SMILES string of the molecule is CC(C)N1CCC2CN(C(=O)CC(C)(C)C)CCC2CC1=O. The van der Waals surface area contributed by atoms with Gasteiger partial charge in [0.05, 0.1) is 0 Å². The quantitative estimate of drug-likeness (QED) is 0.787. The Hall–Kier alpha value is -1.06. The Morgan fingerprint density at radius 2 is 1.82 bits per heavy atom. The molecule has 2 rings (SSSR count). The number of amides is 2. The van der Waals surface area contributed by atoms with Crippen molar-refractivity contribution in [1.29, 1.82) is 0 Å². The molecule has 2 aliphatic rings. The maximum absolute atomic E-state index is 12.5. The van der Waals surface area contributed by atoms with Crippen molar-refractivity contribution in [2.45, 2.75) is 66.3 Å². The first-order chi connectivity index (χ1) is 10.2. The van der Waals surface area contributed by atoms with E-state index >= 15 is 0 Å². The zero-order valence-electron chi connectivity index (χ0n) is 14.9. The third kappa shape index (κ3) is 4.23. The van der Waals surface area contributed by atoms with Crippen LogP contribution in [0.3, 0.4) is 0 Å². The van der Waals surface area contributed by atoms with E-state index in [4.69, 9.17) is 0 Å². The molecule has 0 aliphatic carbocycles. The average Bonchev–Trinajstić information content (AvgIpc) is 2.53. The van der Waals surface area contributed by atoms with Crippen molar-refractivity contribution in [1.82, 2.24) is 9.80 Å². The molecular weight excluding hydrogens is 276 g/mol. The minimum absolute atomic E-state index is 0.0434. The van der Waals surface area contributed by atoms with Gasteiger partial charge in [-0.05, 0) is 43.9 Å². The van der Waals surface area contributed by atoms with Crippen molar-refractivity contribution >= 4 is 11.8 Å². The standard InChI is InChI=1S/C18H32N2O2/c1-13(2)20-9-7-15-12-19(17(22)11-18(3,4)5)8-6-14(15)10-16(20)21/h13-15H,6-12H2,1-5H3. The second-order valence-corrected chi connectivity index (χ2v) is 8.56. The van der Waals surface area contributed by atoms with Crippen LogP contribution in [0.4, 0.5) is 0 Å². The van der Waals surface area contributed by atoms with Crippen molar-refractivity contribution in [3.05, 3.63) is 0 Å². The minimum atomic E-state index is 0.0434. The van der Waals surface area contributed by atoms with Crippen LogP contribution in [0.25, 0.3) is 0 Å². The molecule has 2 heterocycles. The van der Waals surface area contributed by atoms with Crippen LogP contribution in [0.15, 0.2) is 0 Å². The number of rotatable bonds is 2. The Kier molecular flexibility index (Phi) is 5.18. The summed E-state index contributed by atoms with van der Waals surface area (Å²) in [4.78, 5) is 28.9. The summed E-state index contributed by atoms with van der Waals surface area (Å²) in [5, 5.41) is 0. The Bertz CT molecular complexity index is 425. The normalized spacial score (nSPS) is 26.9. The zero-order chi connectivity index (χ0) is 16.5. The van der Waals surface area contributed by atoms with E-state index in [9.17, 15) is 9.59 Å². The summed E-state index contributed by atoms with van der Waals surface area (Å²) in [5.74, 6) is 1.54. The highest BCUT2D eigenvalue weighted by molar-refractivity contribution is 5.78. The molecule has 0 aromatic rings. The average molecular weight is 308 g/mol. The van der Waals surface area contributed by atoms with Crippen LogP contribution < -0.4 is 0 Å². The monoisotopic (exact) mass is 308 g/mol. The maximum atomic E-state index is 12.5. The molecule has 2 fully saturated rings. The van der Waals surface area contributed by atoms with Crippen molar-refractivity contribution in [2.24, 2.45) is 17.3 Å². The van der Waals surface area contributed by atoms with Gasteiger partial charge >= 0.3 is 0 Å². The fourth-order valence-corrected chi connectivity index (χ4v) is 3.79. The van der Waals surface area contributed by atoms with Crippen LogP contribution in [-0.4, -0.2) is 47.3 Å². The molecule has 2 saturated heterocycles. The van der Waals surface area contributed by atoms with Gasteiger partial charge in [-0.15, -0.1) is 0 Å². The number of carbonyl (C=O) groups excluding carboxylic acids is 2. The van der Waals surface area contributed by atoms with Gasteiger partial charge in [0.1, 0.15) is 0 Å². The number of likely N-dealkylation sites (tertiary alicyclic amines) is 2. The lowest BCUT2D eigenvalue weighted by molar-refractivity contribution is -0.136. The topological polar surface area (TPSA) is 40.6 Å². The lowest BCUT2D eigenvalue weighted by Crippen LogP contribution is -2.44. The van der Waals surface area contributed by atoms with E-state index in [1.165, 1.54) is 0 Å². The molecule has 2 amide bonds. The molecule has 0 spiro atoms. The van der Waals surface area contributed by atoms with Crippen molar-refractivity contribution in [3.63, 3.8) is 0 Å². The largest absolute Gasteiger partial charge is 0.342 e. The molecular formula is C18H32N2O2. The zero-order valence-corrected chi connectivity index (χ0v) is 14.9. The number of piperidine rings is 1. The molecule has 0 aromatic heterocycles. The van der Waals surface area contributed by atoms with Gasteiger partial charge in [-0.25, -0.2) is 0 Å². The maximum Gasteiger partial charge on any atom is 0.223 e. The van der Waals surface area contributed by atoms with Crippen LogP contribution in [0, 0.1) is 17.3 Å². The third-order valence-corrected chi connectivity index (χ3v) is 5.05. The predicted octanol–water partition coefficient (Wildman–Crippen LogP) is 2.92. The van der Waals surface area contributed by atoms with Crippen LogP contribution in [0.1, 0.15) is 60.3 Å².